The maximum Gasteiger partial charge on any atom is 0.280 e. The van der Waals surface area contributed by atoms with Crippen LogP contribution in [-0.4, -0.2) is 216 Å². The summed E-state index contributed by atoms with van der Waals surface area (Å²) < 4.78 is 81.6. The minimum Gasteiger partial charge on any atom is -0.391 e. The van der Waals surface area contributed by atoms with Gasteiger partial charge in [0.25, 0.3) is 5.56 Å². The van der Waals surface area contributed by atoms with Crippen LogP contribution in [0.5, 0.6) is 0 Å². The maximum atomic E-state index is 15.3. The normalized spacial score (nSPS) is 17.6. The van der Waals surface area contributed by atoms with E-state index < -0.39 is 24.4 Å². The predicted molar refractivity (Wildman–Crippen MR) is 358 cm³/mol. The second-order valence-electron chi connectivity index (χ2n) is 26.0. The minimum absolute atomic E-state index is 0.156. The van der Waals surface area contributed by atoms with Gasteiger partial charge in [-0.25, -0.2) is 9.66 Å². The Morgan fingerprint density at radius 3 is 0.944 bits per heavy atom. The molecule has 0 aliphatic heterocycles. The summed E-state index contributed by atoms with van der Waals surface area (Å²) in [5.41, 5.74) is 0.372. The van der Waals surface area contributed by atoms with E-state index in [2.05, 4.69) is 6.92 Å². The van der Waals surface area contributed by atoms with Gasteiger partial charge in [0.05, 0.1) is 201 Å². The van der Waals surface area contributed by atoms with E-state index in [1.54, 1.807) is 25.4 Å². The van der Waals surface area contributed by atoms with Crippen molar-refractivity contribution in [2.45, 2.75) is 305 Å². The van der Waals surface area contributed by atoms with Gasteiger partial charge >= 0.3 is 0 Å². The molecule has 3 N–H and O–H groups in total. The van der Waals surface area contributed by atoms with Gasteiger partial charge in [-0.3, -0.25) is 4.79 Å². The van der Waals surface area contributed by atoms with Crippen LogP contribution < -0.4 is 10.6 Å². The lowest BCUT2D eigenvalue weighted by atomic mass is 10.0. The van der Waals surface area contributed by atoms with Crippen LogP contribution in [0.25, 0.3) is 10.9 Å². The molecule has 1 aromatic heterocycles. The molecule has 0 aliphatic rings. The number of fused-ring (bicyclic) bond motifs is 1. The van der Waals surface area contributed by atoms with Crippen molar-refractivity contribution < 1.29 is 76.9 Å². The van der Waals surface area contributed by atoms with Gasteiger partial charge in [0.1, 0.15) is 6.10 Å². The molecule has 528 valence electrons. The average molecular weight is 1290 g/mol. The molecular weight excluding hydrogens is 1150 g/mol. The van der Waals surface area contributed by atoms with Gasteiger partial charge in [0.2, 0.25) is 0 Å². The Kier molecular flexibility index (Phi) is 47.3. The Morgan fingerprint density at radius 1 is 0.367 bits per heavy atom. The summed E-state index contributed by atoms with van der Waals surface area (Å²) in [6.45, 7) is 35.6. The fraction of sp³-hybridized carbons (Fsp3) is 0.886. The largest absolute Gasteiger partial charge is 0.391 e. The molecule has 0 bridgehead atoms. The van der Waals surface area contributed by atoms with Crippen molar-refractivity contribution in [2.24, 2.45) is 0 Å². The lowest BCUT2D eigenvalue weighted by Gasteiger charge is -2.35. The number of nitrogens with zero attached hydrogens (tertiary/aromatic N) is 3. The van der Waals surface area contributed by atoms with Crippen molar-refractivity contribution in [3.63, 3.8) is 0 Å². The summed E-state index contributed by atoms with van der Waals surface area (Å²) >= 11 is 0. The summed E-state index contributed by atoms with van der Waals surface area (Å²) in [5.74, 6) is 0.504. The topological polar surface area (TPSA) is 219 Å². The molecule has 90 heavy (non-hydrogen) atoms. The molecule has 2 rings (SSSR count). The zero-order valence-corrected chi connectivity index (χ0v) is 59.2. The standard InChI is InChI=1S/C70H131N3O17/c1-17-18-19-20-21-22-23-24-25-26-27-28-29-30-35-68(90-50-65(16)89-49-64(15)88-48-63(14)85-45-58(9)80-40-53(4)76)69-71-67-34-32-31-33-66(67)70(77)73(69)72(36-54(5)81-41-59(10)86-46-61(12)83-43-56(7)78-38-51(2)74)37-55(6)82-42-60(11)87-47-62(13)84-44-57(8)79-39-52(3)75/h31-34,51-65,68,74-76H,17-30,35-50H2,1-16H3. The number of ether oxygens (including phenoxy) is 13. The molecule has 16 atom stereocenters. The Labute approximate surface area is 544 Å². The third-order valence-corrected chi connectivity index (χ3v) is 15.0. The van der Waals surface area contributed by atoms with E-state index in [-0.39, 0.29) is 105 Å². The van der Waals surface area contributed by atoms with Crippen LogP contribution in [0.1, 0.15) is 219 Å². The summed E-state index contributed by atoms with van der Waals surface area (Å²) in [6, 6.07) is 7.49. The Hall–Kier alpha value is -2.48. The Bertz CT molecular complexity index is 2020. The Balaban J connectivity index is 2.42. The first-order valence-corrected chi connectivity index (χ1v) is 34.8. The van der Waals surface area contributed by atoms with Crippen LogP contribution in [0.2, 0.25) is 0 Å². The predicted octanol–water partition coefficient (Wildman–Crippen LogP) is 11.3. The zero-order valence-electron chi connectivity index (χ0n) is 59.2. The van der Waals surface area contributed by atoms with Crippen molar-refractivity contribution in [2.75, 3.05) is 104 Å². The molecule has 0 fully saturated rings. The fourth-order valence-electron chi connectivity index (χ4n) is 9.71. The molecular formula is C70H131N3O17. The molecule has 20 nitrogen and oxygen atoms in total. The molecule has 0 saturated heterocycles. The molecule has 0 aliphatic carbocycles. The first-order valence-electron chi connectivity index (χ1n) is 34.8. The van der Waals surface area contributed by atoms with E-state index in [1.165, 1.54) is 70.6 Å². The second kappa shape index (κ2) is 50.9. The molecule has 16 unspecified atom stereocenters. The van der Waals surface area contributed by atoms with E-state index in [0.717, 1.165) is 19.3 Å². The van der Waals surface area contributed by atoms with Gasteiger partial charge in [0, 0.05) is 0 Å². The SMILES string of the molecule is CCCCCCCCCCCCCCCCC(OCC(C)OCC(C)OCC(C)OCC(C)OCC(C)O)c1nc2ccccc2c(=O)n1N(CC(C)OCC(C)OCC(C)OCC(C)OCC(C)O)CC(C)OCC(C)OCC(C)OCC(C)OCC(C)O. The zero-order chi connectivity index (χ0) is 66.6. The van der Waals surface area contributed by atoms with E-state index in [9.17, 15) is 15.3 Å². The number of rotatable bonds is 60. The van der Waals surface area contributed by atoms with Crippen molar-refractivity contribution >= 4 is 10.9 Å². The molecule has 0 radical (unpaired) electrons. The van der Waals surface area contributed by atoms with Crippen LogP contribution >= 0.6 is 0 Å². The molecule has 0 saturated carbocycles. The van der Waals surface area contributed by atoms with Crippen molar-refractivity contribution in [3.8, 4) is 0 Å². The van der Waals surface area contributed by atoms with Crippen LogP contribution in [0.15, 0.2) is 29.1 Å². The number of hydrogen-bond donors (Lipinski definition) is 3. The van der Waals surface area contributed by atoms with E-state index in [1.807, 2.05) is 112 Å². The molecule has 1 aromatic carbocycles. The van der Waals surface area contributed by atoms with Crippen LogP contribution in [-0.2, 0) is 61.6 Å². The van der Waals surface area contributed by atoms with Gasteiger partial charge in [-0.2, -0.15) is 0 Å². The summed E-state index contributed by atoms with van der Waals surface area (Å²) in [6.07, 6.45) is 12.9. The van der Waals surface area contributed by atoms with Crippen LogP contribution in [0, 0.1) is 0 Å². The van der Waals surface area contributed by atoms with Crippen molar-refractivity contribution in [1.82, 2.24) is 9.66 Å². The minimum atomic E-state index is -0.574. The lowest BCUT2D eigenvalue weighted by molar-refractivity contribution is -0.101. The number of aliphatic hydroxyl groups excluding tert-OH is 3. The fourth-order valence-corrected chi connectivity index (χ4v) is 9.71. The maximum absolute atomic E-state index is 15.3. The van der Waals surface area contributed by atoms with Crippen LogP contribution in [0.4, 0.5) is 0 Å². The highest BCUT2D eigenvalue weighted by Crippen LogP contribution is 2.26. The van der Waals surface area contributed by atoms with Gasteiger partial charge in [-0.1, -0.05) is 109 Å². The monoisotopic (exact) mass is 1290 g/mol. The number of benzene rings is 1. The third kappa shape index (κ3) is 41.4. The smallest absolute Gasteiger partial charge is 0.280 e. The molecule has 1 heterocycles. The van der Waals surface area contributed by atoms with E-state index in [0.29, 0.717) is 95.7 Å². The van der Waals surface area contributed by atoms with E-state index >= 15 is 4.79 Å². The number of hydrogen-bond acceptors (Lipinski definition) is 19. The van der Waals surface area contributed by atoms with Crippen LogP contribution in [0.3, 0.4) is 0 Å². The number of para-hydroxylation sites is 1. The highest BCUT2D eigenvalue weighted by molar-refractivity contribution is 5.77. The highest BCUT2D eigenvalue weighted by atomic mass is 16.6. The van der Waals surface area contributed by atoms with Gasteiger partial charge < -0.3 is 81.9 Å². The number of unbranched alkanes of at least 4 members (excludes halogenated alkanes) is 13. The van der Waals surface area contributed by atoms with Gasteiger partial charge in [-0.05, 0) is 122 Å². The van der Waals surface area contributed by atoms with Crippen molar-refractivity contribution in [1.29, 1.82) is 0 Å². The van der Waals surface area contributed by atoms with Gasteiger partial charge in [-0.15, -0.1) is 0 Å². The first kappa shape index (κ1) is 83.6. The molecule has 0 spiro atoms. The lowest BCUT2D eigenvalue weighted by Crippen LogP contribution is -2.52. The molecule has 0 amide bonds. The average Bonchev–Trinajstić information content (AvgIpc) is 0.865. The first-order chi connectivity index (χ1) is 43.0. The van der Waals surface area contributed by atoms with E-state index in [4.69, 9.17) is 66.6 Å². The highest BCUT2D eigenvalue weighted by Gasteiger charge is 2.28. The summed E-state index contributed by atoms with van der Waals surface area (Å²) in [5, 5.41) is 31.3. The Morgan fingerprint density at radius 2 is 0.633 bits per heavy atom. The number of aromatic nitrogens is 2. The number of aliphatic hydroxyl groups is 3. The quantitative estimate of drug-likeness (QED) is 0.0524. The third-order valence-electron chi connectivity index (χ3n) is 15.0. The summed E-state index contributed by atoms with van der Waals surface area (Å²) in [7, 11) is 0. The van der Waals surface area contributed by atoms with Gasteiger partial charge in [0.15, 0.2) is 5.82 Å². The summed E-state index contributed by atoms with van der Waals surface area (Å²) in [4.78, 5) is 20.7. The molecule has 20 heteroatoms. The second-order valence-corrected chi connectivity index (χ2v) is 26.0. The molecule has 2 aromatic rings. The van der Waals surface area contributed by atoms with Crippen molar-refractivity contribution in [3.05, 3.63) is 40.4 Å².